The van der Waals surface area contributed by atoms with Gasteiger partial charge < -0.3 is 5.73 Å². The lowest BCUT2D eigenvalue weighted by Crippen LogP contribution is -1.99. The van der Waals surface area contributed by atoms with Crippen molar-refractivity contribution >= 4 is 5.69 Å². The van der Waals surface area contributed by atoms with Crippen LogP contribution >= 0.6 is 0 Å². The van der Waals surface area contributed by atoms with E-state index in [1.54, 1.807) is 0 Å². The second kappa shape index (κ2) is 16.0. The molecule has 0 aliphatic carbocycles. The van der Waals surface area contributed by atoms with Crippen molar-refractivity contribution in [1.29, 1.82) is 0 Å². The molecule has 0 aliphatic rings. The topological polar surface area (TPSA) is 26.0 Å². The lowest BCUT2D eigenvalue weighted by molar-refractivity contribution is 1.46. The van der Waals surface area contributed by atoms with Gasteiger partial charge in [-0.15, -0.1) is 0 Å². The number of hydrogen-bond donors (Lipinski definition) is 1. The number of nitrogens with two attached hydrogens (primary N) is 1. The van der Waals surface area contributed by atoms with Gasteiger partial charge in [0.05, 0.1) is 0 Å². The molecule has 0 amide bonds. The zero-order chi connectivity index (χ0) is 40.5. The van der Waals surface area contributed by atoms with Crippen LogP contribution in [0, 0.1) is 27.7 Å². The predicted octanol–water partition coefficient (Wildman–Crippen LogP) is 15.8. The predicted molar refractivity (Wildman–Crippen MR) is 253 cm³/mol. The highest BCUT2D eigenvalue weighted by molar-refractivity contribution is 6.02. The van der Waals surface area contributed by atoms with Gasteiger partial charge in [0.2, 0.25) is 0 Å². The molecule has 59 heavy (non-hydrogen) atoms. The molecule has 0 saturated heterocycles. The first-order chi connectivity index (χ1) is 28.8. The molecule has 0 aromatic heterocycles. The Balaban J connectivity index is 1.33. The first kappa shape index (κ1) is 37.4. The van der Waals surface area contributed by atoms with Crippen LogP contribution in [-0.2, 0) is 0 Å². The van der Waals surface area contributed by atoms with E-state index in [9.17, 15) is 0 Å². The molecule has 0 spiro atoms. The smallest absolute Gasteiger partial charge is 0.0473 e. The molecule has 0 radical (unpaired) electrons. The highest BCUT2D eigenvalue weighted by Gasteiger charge is 2.21. The molecule has 0 saturated carbocycles. The third-order valence-electron chi connectivity index (χ3n) is 11.6. The van der Waals surface area contributed by atoms with Crippen LogP contribution in [0.1, 0.15) is 22.3 Å². The molecule has 1 heteroatoms. The van der Waals surface area contributed by atoms with Gasteiger partial charge in [0, 0.05) is 16.8 Å². The molecule has 0 bridgehead atoms. The van der Waals surface area contributed by atoms with Gasteiger partial charge in [0.25, 0.3) is 0 Å². The van der Waals surface area contributed by atoms with Gasteiger partial charge in [-0.2, -0.15) is 0 Å². The van der Waals surface area contributed by atoms with Gasteiger partial charge in [0.1, 0.15) is 0 Å². The highest BCUT2D eigenvalue weighted by Crippen LogP contribution is 2.47. The summed E-state index contributed by atoms with van der Waals surface area (Å²) in [6.07, 6.45) is 0. The van der Waals surface area contributed by atoms with Crippen molar-refractivity contribution in [3.8, 4) is 89.0 Å². The fourth-order valence-corrected chi connectivity index (χ4v) is 8.12. The molecule has 284 valence electrons. The molecule has 0 heterocycles. The number of anilines is 1. The monoisotopic (exact) mass is 757 g/mol. The highest BCUT2D eigenvalue weighted by atomic mass is 14.6. The summed E-state index contributed by atoms with van der Waals surface area (Å²) < 4.78 is 0. The van der Waals surface area contributed by atoms with Crippen LogP contribution in [-0.4, -0.2) is 0 Å². The Bertz CT molecular complexity index is 2710. The Morgan fingerprint density at radius 1 is 0.237 bits per heavy atom. The van der Waals surface area contributed by atoms with E-state index in [-0.39, 0.29) is 0 Å². The van der Waals surface area contributed by atoms with Crippen LogP contribution in [0.25, 0.3) is 89.0 Å². The zero-order valence-electron chi connectivity index (χ0n) is 34.1. The minimum atomic E-state index is 0.773. The van der Waals surface area contributed by atoms with Gasteiger partial charge in [-0.05, 0) is 130 Å². The molecule has 0 fully saturated rings. The quantitative estimate of drug-likeness (QED) is 0.154. The molecule has 2 N–H and O–H groups in total. The number of benzene rings is 9. The summed E-state index contributed by atoms with van der Waals surface area (Å²) in [5, 5.41) is 0. The average molecular weight is 758 g/mol. The largest absolute Gasteiger partial charge is 0.398 e. The molecular weight excluding hydrogens is 711 g/mol. The van der Waals surface area contributed by atoms with Crippen LogP contribution < -0.4 is 5.73 Å². The third kappa shape index (κ3) is 7.76. The van der Waals surface area contributed by atoms with E-state index in [1.807, 2.05) is 0 Å². The SMILES string of the molecule is Cc1ccc(-c2ccc(-c3cc(-c4ccccc4)cc(-c4ccc(-c5ccc(C)cc5)cc4)c3-c3cc(-c4ccc(C)cc4)c(N)c(-c4ccc(C)cc4)c3)cc2)cc1. The minimum Gasteiger partial charge on any atom is -0.398 e. The van der Waals surface area contributed by atoms with Gasteiger partial charge in [-0.1, -0.05) is 198 Å². The van der Waals surface area contributed by atoms with E-state index in [1.165, 1.54) is 50.1 Å². The summed E-state index contributed by atoms with van der Waals surface area (Å²) in [5.74, 6) is 0. The Hall–Kier alpha value is -7.22. The van der Waals surface area contributed by atoms with Crippen molar-refractivity contribution in [2.24, 2.45) is 0 Å². The Labute approximate surface area is 349 Å². The normalized spacial score (nSPS) is 11.1. The van der Waals surface area contributed by atoms with Crippen molar-refractivity contribution in [3.63, 3.8) is 0 Å². The number of aryl methyl sites for hydroxylation is 4. The van der Waals surface area contributed by atoms with E-state index in [0.717, 1.165) is 66.9 Å². The summed E-state index contributed by atoms with van der Waals surface area (Å²) in [5.41, 5.74) is 31.2. The molecule has 9 aromatic rings. The van der Waals surface area contributed by atoms with Gasteiger partial charge in [-0.25, -0.2) is 0 Å². The summed E-state index contributed by atoms with van der Waals surface area (Å²) in [6, 6.07) is 73.3. The summed E-state index contributed by atoms with van der Waals surface area (Å²) in [6.45, 7) is 8.52. The minimum absolute atomic E-state index is 0.773. The Morgan fingerprint density at radius 3 is 0.847 bits per heavy atom. The zero-order valence-corrected chi connectivity index (χ0v) is 34.1. The van der Waals surface area contributed by atoms with Gasteiger partial charge in [-0.3, -0.25) is 0 Å². The molecule has 9 rings (SSSR count). The number of nitrogen functional groups attached to an aromatic ring is 1. The van der Waals surface area contributed by atoms with Crippen molar-refractivity contribution in [2.75, 3.05) is 5.73 Å². The van der Waals surface area contributed by atoms with Crippen molar-refractivity contribution in [1.82, 2.24) is 0 Å². The van der Waals surface area contributed by atoms with E-state index in [4.69, 9.17) is 5.73 Å². The maximum Gasteiger partial charge on any atom is 0.0473 e. The van der Waals surface area contributed by atoms with Crippen molar-refractivity contribution in [3.05, 3.63) is 222 Å². The fourth-order valence-electron chi connectivity index (χ4n) is 8.12. The van der Waals surface area contributed by atoms with E-state index in [0.29, 0.717) is 0 Å². The third-order valence-corrected chi connectivity index (χ3v) is 11.6. The first-order valence-electron chi connectivity index (χ1n) is 20.4. The Kier molecular flexibility index (Phi) is 10.1. The molecular formula is C58H47N. The molecule has 0 unspecified atom stereocenters. The lowest BCUT2D eigenvalue weighted by Gasteiger charge is -2.22. The number of rotatable bonds is 8. The van der Waals surface area contributed by atoms with Crippen molar-refractivity contribution < 1.29 is 0 Å². The summed E-state index contributed by atoms with van der Waals surface area (Å²) >= 11 is 0. The van der Waals surface area contributed by atoms with Crippen LogP contribution in [0.5, 0.6) is 0 Å². The number of hydrogen-bond acceptors (Lipinski definition) is 1. The van der Waals surface area contributed by atoms with Crippen LogP contribution in [0.3, 0.4) is 0 Å². The lowest BCUT2D eigenvalue weighted by atomic mass is 9.82. The second-order valence-electron chi connectivity index (χ2n) is 15.9. The summed E-state index contributed by atoms with van der Waals surface area (Å²) in [7, 11) is 0. The molecule has 0 atom stereocenters. The second-order valence-corrected chi connectivity index (χ2v) is 15.9. The molecule has 0 aliphatic heterocycles. The maximum atomic E-state index is 7.23. The fraction of sp³-hybridized carbons (Fsp3) is 0.0690. The maximum absolute atomic E-state index is 7.23. The van der Waals surface area contributed by atoms with E-state index >= 15 is 0 Å². The van der Waals surface area contributed by atoms with Crippen LogP contribution in [0.15, 0.2) is 200 Å². The van der Waals surface area contributed by atoms with Crippen LogP contribution in [0.4, 0.5) is 5.69 Å². The van der Waals surface area contributed by atoms with Crippen LogP contribution in [0.2, 0.25) is 0 Å². The van der Waals surface area contributed by atoms with Gasteiger partial charge in [0.15, 0.2) is 0 Å². The Morgan fingerprint density at radius 2 is 0.492 bits per heavy atom. The van der Waals surface area contributed by atoms with Crippen molar-refractivity contribution in [2.45, 2.75) is 27.7 Å². The first-order valence-corrected chi connectivity index (χ1v) is 20.4. The average Bonchev–Trinajstić information content (AvgIpc) is 3.28. The summed E-state index contributed by atoms with van der Waals surface area (Å²) in [4.78, 5) is 0. The standard InChI is InChI=1S/C58H47N/c1-38-10-18-43(19-11-38)45-26-30-47(31-27-45)53-34-51(42-8-6-5-7-9-42)35-54(48-32-28-46(29-33-48)44-20-12-39(2)13-21-44)57(53)52-36-55(49-22-14-40(3)15-23-49)58(59)56(37-52)50-24-16-41(4)17-25-50/h5-37H,59H2,1-4H3. The van der Waals surface area contributed by atoms with E-state index < -0.39 is 0 Å². The van der Waals surface area contributed by atoms with E-state index in [2.05, 4.69) is 228 Å². The van der Waals surface area contributed by atoms with Gasteiger partial charge >= 0.3 is 0 Å². The molecule has 9 aromatic carbocycles. The molecule has 1 nitrogen and oxygen atoms in total.